The lowest BCUT2D eigenvalue weighted by atomic mass is 10.1. The minimum absolute atomic E-state index is 0.0753. The van der Waals surface area contributed by atoms with E-state index in [9.17, 15) is 4.79 Å². The van der Waals surface area contributed by atoms with Crippen LogP contribution in [0.25, 0.3) is 11.3 Å². The number of aromatic nitrogens is 1. The summed E-state index contributed by atoms with van der Waals surface area (Å²) in [5, 5.41) is 2.63. The van der Waals surface area contributed by atoms with E-state index < -0.39 is 6.09 Å². The summed E-state index contributed by atoms with van der Waals surface area (Å²) in [5.41, 5.74) is 1.36. The maximum absolute atomic E-state index is 11.0. The number of methoxy groups -OCH3 is 1. The molecule has 1 heterocycles. The average Bonchev–Trinajstić information content (AvgIpc) is 2.76. The number of hydrogen-bond donors (Lipinski definition) is 1. The van der Waals surface area contributed by atoms with Crippen molar-refractivity contribution in [1.29, 1.82) is 0 Å². The predicted octanol–water partition coefficient (Wildman–Crippen LogP) is 3.17. The summed E-state index contributed by atoms with van der Waals surface area (Å²) in [6.07, 6.45) is 0.984. The Morgan fingerprint density at radius 3 is 3.00 bits per heavy atom. The number of amides is 1. The number of hydrogen-bond acceptors (Lipinski definition) is 4. The van der Waals surface area contributed by atoms with Gasteiger partial charge in [0.1, 0.15) is 0 Å². The van der Waals surface area contributed by atoms with E-state index in [2.05, 4.69) is 15.0 Å². The predicted molar refractivity (Wildman–Crippen MR) is 63.0 cm³/mol. The first kappa shape index (κ1) is 11.5. The van der Waals surface area contributed by atoms with E-state index in [1.807, 2.05) is 6.07 Å². The molecule has 0 saturated heterocycles. The molecule has 6 heteroatoms. The first-order valence-corrected chi connectivity index (χ1v) is 5.13. The Hall–Kier alpha value is -2.01. The van der Waals surface area contributed by atoms with Gasteiger partial charge in [0.05, 0.1) is 13.3 Å². The number of nitrogens with zero attached hydrogens (tertiary/aromatic N) is 1. The first-order valence-electron chi connectivity index (χ1n) is 4.76. The lowest BCUT2D eigenvalue weighted by Crippen LogP contribution is -2.10. The highest BCUT2D eigenvalue weighted by molar-refractivity contribution is 6.27. The van der Waals surface area contributed by atoms with Crippen molar-refractivity contribution in [1.82, 2.24) is 4.98 Å². The molecule has 1 amide bonds. The molecule has 0 unspecified atom stereocenters. The van der Waals surface area contributed by atoms with Crippen LogP contribution >= 0.6 is 11.6 Å². The highest BCUT2D eigenvalue weighted by Gasteiger charge is 2.06. The molecule has 0 fully saturated rings. The van der Waals surface area contributed by atoms with Gasteiger partial charge in [-0.15, -0.1) is 0 Å². The molecule has 1 aromatic heterocycles. The zero-order chi connectivity index (χ0) is 12.3. The number of anilines is 1. The highest BCUT2D eigenvalue weighted by atomic mass is 35.5. The van der Waals surface area contributed by atoms with Gasteiger partial charge in [0.25, 0.3) is 5.35 Å². The van der Waals surface area contributed by atoms with Crippen molar-refractivity contribution in [3.8, 4) is 11.3 Å². The van der Waals surface area contributed by atoms with Gasteiger partial charge < -0.3 is 9.15 Å². The third kappa shape index (κ3) is 2.76. The van der Waals surface area contributed by atoms with Crippen molar-refractivity contribution in [2.45, 2.75) is 0 Å². The Morgan fingerprint density at radius 2 is 2.35 bits per heavy atom. The van der Waals surface area contributed by atoms with Crippen molar-refractivity contribution in [3.63, 3.8) is 0 Å². The molecule has 0 spiro atoms. The van der Waals surface area contributed by atoms with E-state index in [0.29, 0.717) is 11.4 Å². The van der Waals surface area contributed by atoms with Crippen LogP contribution in [0.3, 0.4) is 0 Å². The van der Waals surface area contributed by atoms with Crippen LogP contribution in [0.1, 0.15) is 0 Å². The van der Waals surface area contributed by atoms with Gasteiger partial charge in [0, 0.05) is 11.3 Å². The number of nitrogens with one attached hydrogen (secondary N) is 1. The van der Waals surface area contributed by atoms with Gasteiger partial charge in [0.2, 0.25) is 0 Å². The van der Waals surface area contributed by atoms with Gasteiger partial charge >= 0.3 is 6.09 Å². The van der Waals surface area contributed by atoms with E-state index in [-0.39, 0.29) is 5.35 Å². The summed E-state index contributed by atoms with van der Waals surface area (Å²) in [7, 11) is 1.30. The van der Waals surface area contributed by atoms with Crippen LogP contribution in [0.5, 0.6) is 0 Å². The fourth-order valence-corrected chi connectivity index (χ4v) is 1.44. The fraction of sp³-hybridized carbons (Fsp3) is 0.0909. The van der Waals surface area contributed by atoms with Gasteiger partial charge in [-0.25, -0.2) is 9.78 Å². The Morgan fingerprint density at radius 1 is 1.53 bits per heavy atom. The number of oxazole rings is 1. The minimum atomic E-state index is -0.530. The number of ether oxygens (including phenoxy) is 1. The molecule has 0 radical (unpaired) electrons. The first-order chi connectivity index (χ1) is 8.19. The van der Waals surface area contributed by atoms with E-state index in [4.69, 9.17) is 16.0 Å². The van der Waals surface area contributed by atoms with Crippen molar-refractivity contribution in [2.75, 3.05) is 12.4 Å². The van der Waals surface area contributed by atoms with Gasteiger partial charge in [0.15, 0.2) is 5.76 Å². The number of benzene rings is 1. The van der Waals surface area contributed by atoms with Crippen LogP contribution < -0.4 is 5.32 Å². The standard InChI is InChI=1S/C11H9ClN2O3/c1-16-11(15)14-8-4-2-3-7(5-8)9-6-13-10(12)17-9/h2-6H,1H3,(H,14,15). The second-order valence-electron chi connectivity index (χ2n) is 3.17. The van der Waals surface area contributed by atoms with E-state index in [1.165, 1.54) is 13.3 Å². The van der Waals surface area contributed by atoms with Crippen LogP contribution in [-0.2, 0) is 4.74 Å². The van der Waals surface area contributed by atoms with Crippen LogP contribution in [0, 0.1) is 0 Å². The maximum Gasteiger partial charge on any atom is 0.411 e. The van der Waals surface area contributed by atoms with Crippen LogP contribution in [0.4, 0.5) is 10.5 Å². The van der Waals surface area contributed by atoms with Gasteiger partial charge in [-0.2, -0.15) is 0 Å². The molecule has 2 aromatic rings. The Bertz CT molecular complexity index is 539. The summed E-state index contributed by atoms with van der Waals surface area (Å²) in [5.74, 6) is 0.531. The second-order valence-corrected chi connectivity index (χ2v) is 3.50. The van der Waals surface area contributed by atoms with E-state index in [0.717, 1.165) is 5.56 Å². The van der Waals surface area contributed by atoms with Crippen molar-refractivity contribution in [3.05, 3.63) is 35.8 Å². The molecular weight excluding hydrogens is 244 g/mol. The third-order valence-electron chi connectivity index (χ3n) is 2.06. The second kappa shape index (κ2) is 4.88. The topological polar surface area (TPSA) is 64.4 Å². The summed E-state index contributed by atoms with van der Waals surface area (Å²) in [6, 6.07) is 7.06. The Kier molecular flexibility index (Phi) is 3.30. The molecular formula is C11H9ClN2O3. The SMILES string of the molecule is COC(=O)Nc1cccc(-c2cnc(Cl)o2)c1. The summed E-state index contributed by atoms with van der Waals surface area (Å²) in [6.45, 7) is 0. The third-order valence-corrected chi connectivity index (χ3v) is 2.23. The minimum Gasteiger partial charge on any atom is -0.453 e. The molecule has 1 N–H and O–H groups in total. The number of carbonyl (C=O) groups is 1. The van der Waals surface area contributed by atoms with E-state index >= 15 is 0 Å². The lowest BCUT2D eigenvalue weighted by Gasteiger charge is -2.04. The smallest absolute Gasteiger partial charge is 0.411 e. The Balaban J connectivity index is 2.25. The largest absolute Gasteiger partial charge is 0.453 e. The zero-order valence-electron chi connectivity index (χ0n) is 8.94. The molecule has 88 valence electrons. The number of halogens is 1. The molecule has 1 aromatic carbocycles. The average molecular weight is 253 g/mol. The monoisotopic (exact) mass is 252 g/mol. The summed E-state index contributed by atoms with van der Waals surface area (Å²) in [4.78, 5) is 14.8. The van der Waals surface area contributed by atoms with Gasteiger partial charge in [-0.05, 0) is 23.7 Å². The van der Waals surface area contributed by atoms with E-state index in [1.54, 1.807) is 18.2 Å². The molecule has 0 aliphatic carbocycles. The lowest BCUT2D eigenvalue weighted by molar-refractivity contribution is 0.187. The number of rotatable bonds is 2. The molecule has 5 nitrogen and oxygen atoms in total. The molecule has 0 bridgehead atoms. The van der Waals surface area contributed by atoms with Gasteiger partial charge in [-0.1, -0.05) is 12.1 Å². The normalized spacial score (nSPS) is 10.0. The fourth-order valence-electron chi connectivity index (χ4n) is 1.31. The molecule has 17 heavy (non-hydrogen) atoms. The Labute approximate surface area is 102 Å². The number of carbonyl (C=O) groups excluding carboxylic acids is 1. The van der Waals surface area contributed by atoms with Crippen LogP contribution in [0.15, 0.2) is 34.9 Å². The van der Waals surface area contributed by atoms with Crippen LogP contribution in [0.2, 0.25) is 5.35 Å². The van der Waals surface area contributed by atoms with Crippen molar-refractivity contribution < 1.29 is 13.9 Å². The maximum atomic E-state index is 11.0. The van der Waals surface area contributed by atoms with Gasteiger partial charge in [-0.3, -0.25) is 5.32 Å². The molecule has 2 rings (SSSR count). The summed E-state index contributed by atoms with van der Waals surface area (Å²) < 4.78 is 9.66. The van der Waals surface area contributed by atoms with Crippen molar-refractivity contribution >= 4 is 23.4 Å². The molecule has 0 aliphatic heterocycles. The van der Waals surface area contributed by atoms with Crippen LogP contribution in [-0.4, -0.2) is 18.2 Å². The summed E-state index contributed by atoms with van der Waals surface area (Å²) >= 11 is 5.59. The molecule has 0 aliphatic rings. The quantitative estimate of drug-likeness (QED) is 0.892. The zero-order valence-corrected chi connectivity index (χ0v) is 9.69. The molecule has 0 saturated carbocycles. The molecule has 0 atom stereocenters. The van der Waals surface area contributed by atoms with Crippen molar-refractivity contribution in [2.24, 2.45) is 0 Å². The highest BCUT2D eigenvalue weighted by Crippen LogP contribution is 2.24.